The van der Waals surface area contributed by atoms with E-state index in [1.165, 1.54) is 12.3 Å². The molecule has 1 atom stereocenters. The van der Waals surface area contributed by atoms with Crippen molar-refractivity contribution in [2.24, 2.45) is 0 Å². The Morgan fingerprint density at radius 2 is 2.35 bits per heavy atom. The molecule has 0 aliphatic carbocycles. The Bertz CT molecular complexity index is 522. The predicted molar refractivity (Wildman–Crippen MR) is 57.5 cm³/mol. The van der Waals surface area contributed by atoms with E-state index in [9.17, 15) is 4.39 Å². The zero-order valence-corrected chi connectivity index (χ0v) is 9.06. The first-order valence-corrected chi connectivity index (χ1v) is 5.51. The van der Waals surface area contributed by atoms with Crippen LogP contribution in [0.1, 0.15) is 24.8 Å². The van der Waals surface area contributed by atoms with Crippen molar-refractivity contribution in [2.45, 2.75) is 18.9 Å². The van der Waals surface area contributed by atoms with E-state index in [1.807, 2.05) is 0 Å². The Balaban J connectivity index is 1.89. The molecule has 1 N–H and O–H groups in total. The number of rotatable bonds is 2. The predicted octanol–water partition coefficient (Wildman–Crippen LogP) is 1.70. The summed E-state index contributed by atoms with van der Waals surface area (Å²) in [7, 11) is 0. The van der Waals surface area contributed by atoms with Crippen molar-refractivity contribution in [2.75, 3.05) is 6.54 Å². The maximum Gasteiger partial charge on any atom is 0.244 e. The van der Waals surface area contributed by atoms with Gasteiger partial charge in [-0.15, -0.1) is 0 Å². The van der Waals surface area contributed by atoms with E-state index in [0.717, 1.165) is 25.6 Å². The molecule has 1 saturated heterocycles. The van der Waals surface area contributed by atoms with Crippen molar-refractivity contribution in [3.8, 4) is 11.4 Å². The monoisotopic (exact) mass is 234 g/mol. The summed E-state index contributed by atoms with van der Waals surface area (Å²) in [6.45, 7) is 0.962. The molecule has 1 aliphatic rings. The number of pyridine rings is 1. The van der Waals surface area contributed by atoms with Crippen LogP contribution in [0.25, 0.3) is 11.4 Å². The number of aromatic nitrogens is 3. The first kappa shape index (κ1) is 10.3. The third-order valence-corrected chi connectivity index (χ3v) is 2.76. The molecule has 3 rings (SSSR count). The Hall–Kier alpha value is -1.82. The maximum atomic E-state index is 13.0. The molecule has 0 saturated carbocycles. The molecule has 1 aliphatic heterocycles. The third-order valence-electron chi connectivity index (χ3n) is 2.76. The molecule has 5 nitrogen and oxygen atoms in total. The van der Waals surface area contributed by atoms with Crippen LogP contribution in [-0.4, -0.2) is 21.7 Å². The standard InChI is InChI=1S/C11H11FN4O/c12-8-4-7(5-13-6-8)10-15-11(17-16-10)9-2-1-3-14-9/h4-6,9,14H,1-3H2. The van der Waals surface area contributed by atoms with E-state index in [4.69, 9.17) is 4.52 Å². The molecule has 3 heterocycles. The first-order chi connectivity index (χ1) is 8.33. The number of hydrogen-bond donors (Lipinski definition) is 1. The summed E-state index contributed by atoms with van der Waals surface area (Å²) in [6, 6.07) is 1.46. The number of halogens is 1. The molecular formula is C11H11FN4O. The van der Waals surface area contributed by atoms with Crippen molar-refractivity contribution in [1.29, 1.82) is 0 Å². The second kappa shape index (κ2) is 4.21. The van der Waals surface area contributed by atoms with E-state index in [2.05, 4.69) is 20.4 Å². The van der Waals surface area contributed by atoms with Gasteiger partial charge in [0.25, 0.3) is 0 Å². The van der Waals surface area contributed by atoms with Gasteiger partial charge in [0.05, 0.1) is 12.2 Å². The molecule has 0 spiro atoms. The summed E-state index contributed by atoms with van der Waals surface area (Å²) >= 11 is 0. The first-order valence-electron chi connectivity index (χ1n) is 5.51. The van der Waals surface area contributed by atoms with Gasteiger partial charge in [0.2, 0.25) is 11.7 Å². The van der Waals surface area contributed by atoms with Crippen LogP contribution in [0.5, 0.6) is 0 Å². The SMILES string of the molecule is Fc1cncc(-c2noc(C3CCCN3)n2)c1. The Kier molecular flexibility index (Phi) is 2.56. The van der Waals surface area contributed by atoms with Crippen LogP contribution in [0.15, 0.2) is 23.0 Å². The minimum absolute atomic E-state index is 0.123. The van der Waals surface area contributed by atoms with E-state index in [1.54, 1.807) is 0 Å². The van der Waals surface area contributed by atoms with Gasteiger partial charge in [-0.3, -0.25) is 4.98 Å². The zero-order chi connectivity index (χ0) is 11.7. The van der Waals surface area contributed by atoms with Crippen molar-refractivity contribution >= 4 is 0 Å². The van der Waals surface area contributed by atoms with Crippen LogP contribution in [-0.2, 0) is 0 Å². The summed E-state index contributed by atoms with van der Waals surface area (Å²) in [6.07, 6.45) is 4.75. The summed E-state index contributed by atoms with van der Waals surface area (Å²) in [5.74, 6) is 0.523. The van der Waals surface area contributed by atoms with Crippen LogP contribution in [0, 0.1) is 5.82 Å². The Morgan fingerprint density at radius 3 is 3.12 bits per heavy atom. The summed E-state index contributed by atoms with van der Waals surface area (Å²) in [5, 5.41) is 7.10. The van der Waals surface area contributed by atoms with Crippen LogP contribution in [0.2, 0.25) is 0 Å². The molecule has 2 aromatic heterocycles. The quantitative estimate of drug-likeness (QED) is 0.856. The molecule has 17 heavy (non-hydrogen) atoms. The maximum absolute atomic E-state index is 13.0. The fourth-order valence-electron chi connectivity index (χ4n) is 1.92. The summed E-state index contributed by atoms with van der Waals surface area (Å²) < 4.78 is 18.2. The second-order valence-electron chi connectivity index (χ2n) is 4.00. The highest BCUT2D eigenvalue weighted by Crippen LogP contribution is 2.24. The van der Waals surface area contributed by atoms with Crippen molar-refractivity contribution < 1.29 is 8.91 Å². The lowest BCUT2D eigenvalue weighted by Gasteiger charge is -2.01. The highest BCUT2D eigenvalue weighted by Gasteiger charge is 2.22. The highest BCUT2D eigenvalue weighted by atomic mass is 19.1. The van der Waals surface area contributed by atoms with E-state index < -0.39 is 5.82 Å². The van der Waals surface area contributed by atoms with Crippen LogP contribution < -0.4 is 5.32 Å². The van der Waals surface area contributed by atoms with Crippen LogP contribution >= 0.6 is 0 Å². The average molecular weight is 234 g/mol. The van der Waals surface area contributed by atoms with E-state index in [-0.39, 0.29) is 6.04 Å². The summed E-state index contributed by atoms with van der Waals surface area (Å²) in [4.78, 5) is 8.01. The van der Waals surface area contributed by atoms with Gasteiger partial charge >= 0.3 is 0 Å². The van der Waals surface area contributed by atoms with Gasteiger partial charge in [0, 0.05) is 11.8 Å². The van der Waals surface area contributed by atoms with E-state index in [0.29, 0.717) is 17.3 Å². The van der Waals surface area contributed by atoms with Crippen molar-refractivity contribution in [3.63, 3.8) is 0 Å². The van der Waals surface area contributed by atoms with Crippen LogP contribution in [0.4, 0.5) is 4.39 Å². The fraction of sp³-hybridized carbons (Fsp3) is 0.364. The Labute approximate surface area is 97.1 Å². The van der Waals surface area contributed by atoms with Gasteiger partial charge < -0.3 is 9.84 Å². The Morgan fingerprint density at radius 1 is 1.41 bits per heavy atom. The lowest BCUT2D eigenvalue weighted by atomic mass is 10.2. The molecule has 1 unspecified atom stereocenters. The van der Waals surface area contributed by atoms with Gasteiger partial charge in [-0.05, 0) is 25.5 Å². The van der Waals surface area contributed by atoms with Gasteiger partial charge in [0.1, 0.15) is 5.82 Å². The second-order valence-corrected chi connectivity index (χ2v) is 4.00. The third kappa shape index (κ3) is 2.03. The zero-order valence-electron chi connectivity index (χ0n) is 9.06. The number of hydrogen-bond acceptors (Lipinski definition) is 5. The number of nitrogens with zero attached hydrogens (tertiary/aromatic N) is 3. The molecular weight excluding hydrogens is 223 g/mol. The van der Waals surface area contributed by atoms with Crippen molar-refractivity contribution in [3.05, 3.63) is 30.2 Å². The van der Waals surface area contributed by atoms with Crippen molar-refractivity contribution in [1.82, 2.24) is 20.4 Å². The smallest absolute Gasteiger partial charge is 0.244 e. The molecule has 88 valence electrons. The minimum atomic E-state index is -0.409. The molecule has 0 amide bonds. The highest BCUT2D eigenvalue weighted by molar-refractivity contribution is 5.52. The molecule has 0 aromatic carbocycles. The minimum Gasteiger partial charge on any atom is -0.337 e. The molecule has 0 radical (unpaired) electrons. The molecule has 6 heteroatoms. The number of nitrogens with one attached hydrogen (secondary N) is 1. The average Bonchev–Trinajstić information content (AvgIpc) is 3.00. The molecule has 2 aromatic rings. The molecule has 0 bridgehead atoms. The van der Waals surface area contributed by atoms with Crippen LogP contribution in [0.3, 0.4) is 0 Å². The lowest BCUT2D eigenvalue weighted by Crippen LogP contribution is -2.12. The fourth-order valence-corrected chi connectivity index (χ4v) is 1.92. The van der Waals surface area contributed by atoms with Gasteiger partial charge in [-0.2, -0.15) is 4.98 Å². The lowest BCUT2D eigenvalue weighted by molar-refractivity contribution is 0.345. The van der Waals surface area contributed by atoms with Gasteiger partial charge in [-0.25, -0.2) is 4.39 Å². The van der Waals surface area contributed by atoms with Gasteiger partial charge in [-0.1, -0.05) is 5.16 Å². The molecule has 1 fully saturated rings. The normalized spacial score (nSPS) is 19.7. The largest absolute Gasteiger partial charge is 0.337 e. The van der Waals surface area contributed by atoms with E-state index >= 15 is 0 Å². The topological polar surface area (TPSA) is 63.8 Å². The van der Waals surface area contributed by atoms with Gasteiger partial charge in [0.15, 0.2) is 0 Å². The summed E-state index contributed by atoms with van der Waals surface area (Å²) in [5.41, 5.74) is 0.526.